The third-order valence-corrected chi connectivity index (χ3v) is 8.31. The number of morpholine rings is 1. The lowest BCUT2D eigenvalue weighted by Crippen LogP contribution is -2.37. The normalized spacial score (nSPS) is 13.8. The lowest BCUT2D eigenvalue weighted by molar-refractivity contribution is 0.0357. The van der Waals surface area contributed by atoms with Gasteiger partial charge in [-0.25, -0.2) is 22.3 Å². The zero-order valence-corrected chi connectivity index (χ0v) is 25.9. The molecule has 45 heavy (non-hydrogen) atoms. The van der Waals surface area contributed by atoms with E-state index in [9.17, 15) is 13.2 Å². The quantitative estimate of drug-likeness (QED) is 0.200. The molecule has 13 heteroatoms. The summed E-state index contributed by atoms with van der Waals surface area (Å²) in [6, 6.07) is 14.7. The van der Waals surface area contributed by atoms with Crippen molar-refractivity contribution >= 4 is 32.6 Å². The Bertz CT molecular complexity index is 1750. The number of nitrogens with zero attached hydrogens (tertiary/aromatic N) is 2. The van der Waals surface area contributed by atoms with Crippen LogP contribution in [0, 0.1) is 12.7 Å². The maximum absolute atomic E-state index is 15.1. The van der Waals surface area contributed by atoms with Gasteiger partial charge < -0.3 is 24.3 Å². The first-order valence-corrected chi connectivity index (χ1v) is 16.1. The van der Waals surface area contributed by atoms with Crippen LogP contribution in [0.25, 0.3) is 10.9 Å². The Morgan fingerprint density at radius 1 is 1.00 bits per heavy atom. The Labute approximate surface area is 261 Å². The number of urea groups is 1. The third-order valence-electron chi connectivity index (χ3n) is 7.10. The van der Waals surface area contributed by atoms with E-state index in [1.165, 1.54) is 19.2 Å². The predicted molar refractivity (Wildman–Crippen MR) is 168 cm³/mol. The summed E-state index contributed by atoms with van der Waals surface area (Å²) >= 11 is 0. The number of hydrogen-bond acceptors (Lipinski definition) is 9. The van der Waals surface area contributed by atoms with Crippen molar-refractivity contribution in [1.29, 1.82) is 0 Å². The highest BCUT2D eigenvalue weighted by Crippen LogP contribution is 2.38. The Hall–Kier alpha value is -4.46. The van der Waals surface area contributed by atoms with Crippen molar-refractivity contribution < 1.29 is 36.6 Å². The van der Waals surface area contributed by atoms with Gasteiger partial charge in [0, 0.05) is 49.0 Å². The van der Waals surface area contributed by atoms with Gasteiger partial charge in [-0.2, -0.15) is 0 Å². The van der Waals surface area contributed by atoms with Crippen molar-refractivity contribution in [3.63, 3.8) is 0 Å². The van der Waals surface area contributed by atoms with Crippen molar-refractivity contribution in [1.82, 2.24) is 14.6 Å². The molecule has 0 spiro atoms. The number of carbonyl (C=O) groups is 1. The second-order valence-corrected chi connectivity index (χ2v) is 12.3. The van der Waals surface area contributed by atoms with Crippen LogP contribution in [0.15, 0.2) is 66.9 Å². The monoisotopic (exact) mass is 638 g/mol. The fraction of sp³-hybridized carbons (Fsp3) is 0.312. The minimum absolute atomic E-state index is 0.0413. The molecular weight excluding hydrogens is 603 g/mol. The molecule has 1 fully saturated rings. The lowest BCUT2D eigenvalue weighted by Gasteiger charge is -2.26. The number of pyridine rings is 1. The number of sulfonamides is 1. The summed E-state index contributed by atoms with van der Waals surface area (Å²) < 4.78 is 64.7. The van der Waals surface area contributed by atoms with Gasteiger partial charge in [0.05, 0.1) is 38.2 Å². The molecule has 4 aromatic rings. The van der Waals surface area contributed by atoms with Gasteiger partial charge in [-0.05, 0) is 43.2 Å². The minimum atomic E-state index is -3.98. The molecule has 3 aromatic carbocycles. The topological polar surface area (TPSA) is 128 Å². The van der Waals surface area contributed by atoms with Gasteiger partial charge in [-0.15, -0.1) is 0 Å². The number of carbonyl (C=O) groups excluding carboxylic acids is 1. The van der Waals surface area contributed by atoms with Crippen LogP contribution in [0.5, 0.6) is 23.0 Å². The molecule has 1 aliphatic heterocycles. The van der Waals surface area contributed by atoms with Crippen LogP contribution >= 0.6 is 0 Å². The SMILES string of the molecule is COc1cc2c(Oc3ccc(NC(=O)NS(=O)(=O)Cc4ccc(C)cc4)cc3F)ccnc2cc1OCCCN1CCOCC1. The molecule has 2 N–H and O–H groups in total. The zero-order valence-electron chi connectivity index (χ0n) is 25.0. The summed E-state index contributed by atoms with van der Waals surface area (Å²) in [4.78, 5) is 19.1. The van der Waals surface area contributed by atoms with E-state index in [1.54, 1.807) is 48.7 Å². The van der Waals surface area contributed by atoms with E-state index in [-0.39, 0.29) is 17.2 Å². The number of benzene rings is 3. The van der Waals surface area contributed by atoms with Gasteiger partial charge in [-0.3, -0.25) is 9.88 Å². The summed E-state index contributed by atoms with van der Waals surface area (Å²) in [7, 11) is -2.44. The van der Waals surface area contributed by atoms with Crippen LogP contribution < -0.4 is 24.2 Å². The molecule has 2 heterocycles. The van der Waals surface area contributed by atoms with Crippen molar-refractivity contribution in [3.05, 3.63) is 83.8 Å². The average molecular weight is 639 g/mol. The lowest BCUT2D eigenvalue weighted by atomic mass is 10.1. The van der Waals surface area contributed by atoms with E-state index in [1.807, 2.05) is 11.6 Å². The second-order valence-electron chi connectivity index (χ2n) is 10.5. The first-order chi connectivity index (χ1) is 21.7. The number of rotatable bonds is 12. The molecule has 0 unspecified atom stereocenters. The largest absolute Gasteiger partial charge is 0.493 e. The first kappa shape index (κ1) is 31.9. The van der Waals surface area contributed by atoms with E-state index in [4.69, 9.17) is 18.9 Å². The highest BCUT2D eigenvalue weighted by Gasteiger charge is 2.18. The van der Waals surface area contributed by atoms with Crippen LogP contribution in [0.2, 0.25) is 0 Å². The maximum Gasteiger partial charge on any atom is 0.332 e. The Morgan fingerprint density at radius 2 is 1.78 bits per heavy atom. The third kappa shape index (κ3) is 8.81. The number of ether oxygens (including phenoxy) is 4. The Kier molecular flexibility index (Phi) is 10.3. The molecule has 0 saturated carbocycles. The van der Waals surface area contributed by atoms with Gasteiger partial charge in [0.1, 0.15) is 5.75 Å². The predicted octanol–water partition coefficient (Wildman–Crippen LogP) is 5.24. The second kappa shape index (κ2) is 14.5. The number of methoxy groups -OCH3 is 1. The van der Waals surface area contributed by atoms with Gasteiger partial charge in [0.25, 0.3) is 0 Å². The van der Waals surface area contributed by atoms with Gasteiger partial charge in [-0.1, -0.05) is 29.8 Å². The van der Waals surface area contributed by atoms with Crippen LogP contribution in [-0.4, -0.2) is 70.9 Å². The van der Waals surface area contributed by atoms with Crippen molar-refractivity contribution in [2.24, 2.45) is 0 Å². The van der Waals surface area contributed by atoms with Crippen LogP contribution in [-0.2, 0) is 20.5 Å². The number of hydrogen-bond donors (Lipinski definition) is 2. The molecular formula is C32H35FN4O7S. The highest BCUT2D eigenvalue weighted by molar-refractivity contribution is 7.89. The van der Waals surface area contributed by atoms with E-state index in [0.717, 1.165) is 50.9 Å². The number of amides is 2. The van der Waals surface area contributed by atoms with Gasteiger partial charge in [0.15, 0.2) is 23.1 Å². The molecule has 0 aliphatic carbocycles. The summed E-state index contributed by atoms with van der Waals surface area (Å²) in [5, 5.41) is 2.92. The molecule has 11 nitrogen and oxygen atoms in total. The fourth-order valence-corrected chi connectivity index (χ4v) is 5.84. The molecule has 1 aromatic heterocycles. The van der Waals surface area contributed by atoms with Crippen LogP contribution in [0.3, 0.4) is 0 Å². The van der Waals surface area contributed by atoms with Crippen LogP contribution in [0.4, 0.5) is 14.9 Å². The Balaban J connectivity index is 1.21. The zero-order chi connectivity index (χ0) is 31.8. The van der Waals surface area contributed by atoms with Gasteiger partial charge >= 0.3 is 6.03 Å². The summed E-state index contributed by atoms with van der Waals surface area (Å²) in [6.07, 6.45) is 2.38. The first-order valence-electron chi connectivity index (χ1n) is 14.4. The smallest absolute Gasteiger partial charge is 0.332 e. The van der Waals surface area contributed by atoms with Crippen LogP contribution in [0.1, 0.15) is 17.5 Å². The molecule has 5 rings (SSSR count). The molecule has 0 radical (unpaired) electrons. The van der Waals surface area contributed by atoms with Crippen molar-refractivity contribution in [2.75, 3.05) is 51.9 Å². The number of aromatic nitrogens is 1. The molecule has 1 aliphatic rings. The number of anilines is 1. The van der Waals surface area contributed by atoms with Crippen molar-refractivity contribution in [3.8, 4) is 23.0 Å². The van der Waals surface area contributed by atoms with Gasteiger partial charge in [0.2, 0.25) is 10.0 Å². The minimum Gasteiger partial charge on any atom is -0.493 e. The molecule has 2 amide bonds. The van der Waals surface area contributed by atoms with E-state index in [2.05, 4.69) is 15.2 Å². The summed E-state index contributed by atoms with van der Waals surface area (Å²) in [5.74, 6) is 0.0919. The summed E-state index contributed by atoms with van der Waals surface area (Å²) in [6.45, 7) is 6.63. The highest BCUT2D eigenvalue weighted by atomic mass is 32.2. The van der Waals surface area contributed by atoms with Crippen molar-refractivity contribution in [2.45, 2.75) is 19.1 Å². The summed E-state index contributed by atoms with van der Waals surface area (Å²) in [5.41, 5.74) is 2.12. The fourth-order valence-electron chi connectivity index (χ4n) is 4.80. The average Bonchev–Trinajstić information content (AvgIpc) is 3.01. The van der Waals surface area contributed by atoms with E-state index >= 15 is 4.39 Å². The number of fused-ring (bicyclic) bond motifs is 1. The maximum atomic E-state index is 15.1. The Morgan fingerprint density at radius 3 is 2.51 bits per heavy atom. The number of aryl methyl sites for hydroxylation is 1. The number of halogens is 1. The standard InChI is InChI=1S/C32H35FN4O7S/c1-22-4-6-23(7-5-22)21-45(39,40)36-32(38)35-24-8-9-29(26(33)18-24)44-28-10-11-34-27-20-31(30(41-2)19-25(27)28)43-15-3-12-37-13-16-42-17-14-37/h4-11,18-20H,3,12-17,21H2,1-2H3,(H2,35,36,38). The number of nitrogens with one attached hydrogen (secondary N) is 2. The molecule has 1 saturated heterocycles. The molecule has 0 bridgehead atoms. The van der Waals surface area contributed by atoms with E-state index in [0.29, 0.717) is 40.3 Å². The molecule has 238 valence electrons. The van der Waals surface area contributed by atoms with E-state index < -0.39 is 21.9 Å². The molecule has 0 atom stereocenters.